The zero-order chi connectivity index (χ0) is 8.41. The number of rotatable bonds is 2. The summed E-state index contributed by atoms with van der Waals surface area (Å²) in [5.74, 6) is 0.127. The molecular weight excluding hydrogens is 162 g/mol. The van der Waals surface area contributed by atoms with Crippen molar-refractivity contribution < 1.29 is 8.91 Å². The van der Waals surface area contributed by atoms with Gasteiger partial charge in [-0.15, -0.1) is 0 Å². The van der Waals surface area contributed by atoms with E-state index in [0.29, 0.717) is 6.42 Å². The van der Waals surface area contributed by atoms with E-state index < -0.39 is 0 Å². The van der Waals surface area contributed by atoms with Crippen molar-refractivity contribution in [1.29, 1.82) is 0 Å². The van der Waals surface area contributed by atoms with Gasteiger partial charge in [0.15, 0.2) is 0 Å². The number of nitrogens with one attached hydrogen (secondary N) is 1. The van der Waals surface area contributed by atoms with E-state index >= 15 is 0 Å². The normalized spacial score (nSPS) is 8.20. The summed E-state index contributed by atoms with van der Waals surface area (Å²) in [7, 11) is 1.86. The highest BCUT2D eigenvalue weighted by Crippen LogP contribution is 1.70. The molecular formula is C5H17NO2Si2. The molecule has 0 aliphatic carbocycles. The Bertz CT molecular complexity index is 80.0. The van der Waals surface area contributed by atoms with Crippen molar-refractivity contribution >= 4 is 26.9 Å². The van der Waals surface area contributed by atoms with Gasteiger partial charge in [0.1, 0.15) is 21.0 Å². The molecule has 3 nitrogen and oxygen atoms in total. The molecule has 5 heteroatoms. The van der Waals surface area contributed by atoms with Crippen molar-refractivity contribution in [1.82, 2.24) is 5.32 Å². The summed E-state index contributed by atoms with van der Waals surface area (Å²) in [5.41, 5.74) is 0. The fourth-order valence-corrected chi connectivity index (χ4v) is 0.322. The van der Waals surface area contributed by atoms with Crippen LogP contribution in [0.25, 0.3) is 0 Å². The average Bonchev–Trinajstić information content (AvgIpc) is 1.90. The molecule has 0 spiro atoms. The van der Waals surface area contributed by atoms with E-state index in [1.807, 2.05) is 13.8 Å². The van der Waals surface area contributed by atoms with Crippen LogP contribution in [0.4, 0.5) is 0 Å². The summed E-state index contributed by atoms with van der Waals surface area (Å²) >= 11 is 0. The van der Waals surface area contributed by atoms with Gasteiger partial charge in [-0.3, -0.25) is 4.79 Å². The van der Waals surface area contributed by atoms with Crippen LogP contribution in [0, 0.1) is 0 Å². The summed E-state index contributed by atoms with van der Waals surface area (Å²) < 4.78 is 4.53. The summed E-state index contributed by atoms with van der Waals surface area (Å²) in [6.45, 7) is 4.49. The van der Waals surface area contributed by atoms with Crippen LogP contribution in [0.1, 0.15) is 20.3 Å². The van der Waals surface area contributed by atoms with Crippen LogP contribution in [0.3, 0.4) is 0 Å². The smallest absolute Gasteiger partial charge is 0.219 e. The summed E-state index contributed by atoms with van der Waals surface area (Å²) in [6.07, 6.45) is 0.591. The Morgan fingerprint density at radius 2 is 1.90 bits per heavy atom. The van der Waals surface area contributed by atoms with Gasteiger partial charge in [-0.05, 0) is 6.92 Å². The number of carbonyl (C=O) groups is 1. The van der Waals surface area contributed by atoms with Gasteiger partial charge < -0.3 is 9.43 Å². The molecule has 0 unspecified atom stereocenters. The van der Waals surface area contributed by atoms with E-state index in [2.05, 4.69) is 9.43 Å². The molecule has 0 aromatic heterocycles. The molecule has 0 saturated heterocycles. The summed E-state index contributed by atoms with van der Waals surface area (Å²) in [4.78, 5) is 10.3. The minimum atomic E-state index is 0.127. The van der Waals surface area contributed by atoms with Crippen molar-refractivity contribution in [3.05, 3.63) is 0 Å². The Kier molecular flexibility index (Phi) is 14.6. The highest BCUT2D eigenvalue weighted by molar-refractivity contribution is 6.15. The van der Waals surface area contributed by atoms with Gasteiger partial charge in [-0.25, -0.2) is 0 Å². The van der Waals surface area contributed by atoms with Gasteiger partial charge in [0, 0.05) is 13.0 Å². The lowest BCUT2D eigenvalue weighted by Gasteiger charge is -1.93. The Morgan fingerprint density at radius 3 is 2.00 bits per heavy atom. The standard InChI is InChI=1S/C5H11NO.H6OSi2/c1-3-5(7)6-4-2;2-1-3/h3-4H2,1-2H3,(H,6,7);2-3H3. The number of hydrogen-bond donors (Lipinski definition) is 1. The molecule has 0 aliphatic heterocycles. The van der Waals surface area contributed by atoms with Crippen LogP contribution in [-0.4, -0.2) is 33.4 Å². The Morgan fingerprint density at radius 1 is 1.50 bits per heavy atom. The first kappa shape index (κ1) is 12.5. The molecule has 62 valence electrons. The van der Waals surface area contributed by atoms with Crippen molar-refractivity contribution in [2.24, 2.45) is 0 Å². The third-order valence-corrected chi connectivity index (χ3v) is 0.695. The topological polar surface area (TPSA) is 38.3 Å². The number of hydrogen-bond acceptors (Lipinski definition) is 2. The predicted octanol–water partition coefficient (Wildman–Crippen LogP) is -1.90. The first-order chi connectivity index (χ1) is 4.72. The van der Waals surface area contributed by atoms with E-state index in [-0.39, 0.29) is 5.91 Å². The van der Waals surface area contributed by atoms with Crippen molar-refractivity contribution in [2.75, 3.05) is 6.54 Å². The lowest BCUT2D eigenvalue weighted by Crippen LogP contribution is -2.20. The Hall–Kier alpha value is -0.136. The second-order valence-electron chi connectivity index (χ2n) is 1.72. The molecule has 0 saturated carbocycles. The van der Waals surface area contributed by atoms with Crippen LogP contribution >= 0.6 is 0 Å². The van der Waals surface area contributed by atoms with Crippen molar-refractivity contribution in [2.45, 2.75) is 20.3 Å². The van der Waals surface area contributed by atoms with E-state index in [9.17, 15) is 4.79 Å². The molecule has 10 heavy (non-hydrogen) atoms. The second-order valence-corrected chi connectivity index (χ2v) is 4.98. The molecule has 0 atom stereocenters. The molecule has 0 aromatic rings. The number of carbonyl (C=O) groups excluding carboxylic acids is 1. The quantitative estimate of drug-likeness (QED) is 0.503. The van der Waals surface area contributed by atoms with Crippen LogP contribution in [0.2, 0.25) is 0 Å². The minimum absolute atomic E-state index is 0.127. The first-order valence-electron chi connectivity index (χ1n) is 3.39. The molecule has 1 N–H and O–H groups in total. The molecule has 0 fully saturated rings. The van der Waals surface area contributed by atoms with Crippen LogP contribution in [0.5, 0.6) is 0 Å². The predicted molar refractivity (Wildman–Crippen MR) is 49.9 cm³/mol. The fourth-order valence-electron chi connectivity index (χ4n) is 0.322. The Balaban J connectivity index is 0. The summed E-state index contributed by atoms with van der Waals surface area (Å²) in [5, 5.41) is 2.66. The molecule has 0 heterocycles. The molecule has 1 amide bonds. The van der Waals surface area contributed by atoms with E-state index in [4.69, 9.17) is 0 Å². The average molecular weight is 179 g/mol. The minimum Gasteiger partial charge on any atom is -0.471 e. The van der Waals surface area contributed by atoms with Crippen LogP contribution < -0.4 is 5.32 Å². The van der Waals surface area contributed by atoms with Crippen molar-refractivity contribution in [3.63, 3.8) is 0 Å². The second kappa shape index (κ2) is 11.6. The fraction of sp³-hybridized carbons (Fsp3) is 0.800. The van der Waals surface area contributed by atoms with E-state index in [1.165, 1.54) is 0 Å². The molecule has 0 bridgehead atoms. The maximum absolute atomic E-state index is 10.3. The van der Waals surface area contributed by atoms with Gasteiger partial charge >= 0.3 is 0 Å². The maximum Gasteiger partial charge on any atom is 0.219 e. The maximum atomic E-state index is 10.3. The lowest BCUT2D eigenvalue weighted by atomic mass is 10.4. The monoisotopic (exact) mass is 179 g/mol. The Labute approximate surface area is 68.6 Å². The van der Waals surface area contributed by atoms with E-state index in [1.54, 1.807) is 0 Å². The highest BCUT2D eigenvalue weighted by Gasteiger charge is 1.88. The highest BCUT2D eigenvalue weighted by atomic mass is 28.3. The molecule has 0 rings (SSSR count). The van der Waals surface area contributed by atoms with Crippen LogP contribution in [-0.2, 0) is 8.91 Å². The largest absolute Gasteiger partial charge is 0.471 e. The van der Waals surface area contributed by atoms with Gasteiger partial charge in [0.2, 0.25) is 5.91 Å². The van der Waals surface area contributed by atoms with Gasteiger partial charge in [0.25, 0.3) is 0 Å². The number of amides is 1. The van der Waals surface area contributed by atoms with E-state index in [0.717, 1.165) is 27.5 Å². The van der Waals surface area contributed by atoms with Crippen LogP contribution in [0.15, 0.2) is 0 Å². The molecule has 0 aliphatic rings. The van der Waals surface area contributed by atoms with Gasteiger partial charge in [-0.1, -0.05) is 6.92 Å². The molecule has 0 aromatic carbocycles. The summed E-state index contributed by atoms with van der Waals surface area (Å²) in [6, 6.07) is 0. The third-order valence-electron chi connectivity index (χ3n) is 0.695. The third kappa shape index (κ3) is 15.7. The molecule has 0 radical (unpaired) electrons. The first-order valence-corrected chi connectivity index (χ1v) is 5.02. The zero-order valence-corrected chi connectivity index (χ0v) is 11.2. The van der Waals surface area contributed by atoms with Gasteiger partial charge in [0.05, 0.1) is 0 Å². The SMILES string of the molecule is CCNC(=O)CC.[SiH3]O[SiH3]. The lowest BCUT2D eigenvalue weighted by molar-refractivity contribution is -0.120. The van der Waals surface area contributed by atoms with Gasteiger partial charge in [-0.2, -0.15) is 0 Å². The zero-order valence-electron chi connectivity index (χ0n) is 7.23. The van der Waals surface area contributed by atoms with Crippen molar-refractivity contribution in [3.8, 4) is 0 Å².